The van der Waals surface area contributed by atoms with Crippen molar-refractivity contribution in [3.63, 3.8) is 0 Å². The van der Waals surface area contributed by atoms with E-state index in [0.717, 1.165) is 0 Å². The van der Waals surface area contributed by atoms with Crippen LogP contribution in [0.4, 0.5) is 0 Å². The first-order chi connectivity index (χ1) is 17.2. The first kappa shape index (κ1) is 18.9. The molecule has 0 saturated carbocycles. The van der Waals surface area contributed by atoms with Crippen molar-refractivity contribution in [2.24, 2.45) is 7.05 Å². The van der Waals surface area contributed by atoms with E-state index in [-0.39, 0.29) is 0 Å². The number of aryl methyl sites for hydroxylation is 2. The Morgan fingerprint density at radius 1 is 0.571 bits per heavy atom. The molecule has 0 aliphatic carbocycles. The molecule has 0 N–H and O–H groups in total. The second-order valence-corrected chi connectivity index (χ2v) is 9.66. The van der Waals surface area contributed by atoms with Crippen LogP contribution in [0, 0.1) is 6.92 Å². The molecule has 2 heteroatoms. The number of rotatable bonds is 1. The molecular weight excluding hydrogens is 424 g/mol. The maximum absolute atomic E-state index is 2.52. The van der Waals surface area contributed by atoms with Gasteiger partial charge in [-0.2, -0.15) is 4.57 Å². The largest absolute Gasteiger partial charge is 0.302 e. The van der Waals surface area contributed by atoms with Gasteiger partial charge >= 0.3 is 0 Å². The van der Waals surface area contributed by atoms with Gasteiger partial charge in [0.05, 0.1) is 22.0 Å². The Morgan fingerprint density at radius 3 is 2.14 bits per heavy atom. The minimum Gasteiger partial charge on any atom is -0.302 e. The Morgan fingerprint density at radius 2 is 1.26 bits per heavy atom. The van der Waals surface area contributed by atoms with E-state index < -0.39 is 0 Å². The summed E-state index contributed by atoms with van der Waals surface area (Å²) < 4.78 is 4.92. The van der Waals surface area contributed by atoms with Gasteiger partial charge in [-0.15, -0.1) is 0 Å². The average Bonchev–Trinajstić information content (AvgIpc) is 3.43. The second-order valence-electron chi connectivity index (χ2n) is 9.66. The molecule has 5 aromatic carbocycles. The van der Waals surface area contributed by atoms with E-state index in [1.807, 2.05) is 0 Å². The lowest BCUT2D eigenvalue weighted by Crippen LogP contribution is -2.33. The summed E-state index contributed by atoms with van der Waals surface area (Å²) in [5, 5.41) is 9.19. The fraction of sp³-hybridized carbons (Fsp3) is 0.0606. The SMILES string of the molecule is Cc1c(-c2c3c(c4cccc5c6ccccc6n3c54)c3ccccc3[n+]2C)ccc2ccccc12. The van der Waals surface area contributed by atoms with Gasteiger partial charge < -0.3 is 4.40 Å². The van der Waals surface area contributed by atoms with Crippen LogP contribution in [0.3, 0.4) is 0 Å². The van der Waals surface area contributed by atoms with E-state index in [2.05, 4.69) is 126 Å². The molecule has 3 heterocycles. The minimum atomic E-state index is 1.25. The molecule has 2 nitrogen and oxygen atoms in total. The molecule has 0 atom stereocenters. The summed E-state index contributed by atoms with van der Waals surface area (Å²) in [6.45, 7) is 2.27. The van der Waals surface area contributed by atoms with Crippen LogP contribution in [-0.2, 0) is 7.05 Å². The molecule has 8 aromatic rings. The fourth-order valence-corrected chi connectivity index (χ4v) is 6.44. The normalized spacial score (nSPS) is 12.3. The third-order valence-electron chi connectivity index (χ3n) is 7.97. The topological polar surface area (TPSA) is 8.29 Å². The number of fused-ring (bicyclic) bond motifs is 9. The molecule has 0 aliphatic heterocycles. The van der Waals surface area contributed by atoms with Crippen molar-refractivity contribution in [3.05, 3.63) is 109 Å². The first-order valence-corrected chi connectivity index (χ1v) is 12.2. The lowest BCUT2D eigenvalue weighted by atomic mass is 9.95. The maximum Gasteiger partial charge on any atom is 0.238 e. The van der Waals surface area contributed by atoms with E-state index in [9.17, 15) is 0 Å². The molecule has 0 radical (unpaired) electrons. The smallest absolute Gasteiger partial charge is 0.238 e. The van der Waals surface area contributed by atoms with Crippen molar-refractivity contribution in [1.82, 2.24) is 4.40 Å². The Bertz CT molecular complexity index is 2120. The summed E-state index contributed by atoms with van der Waals surface area (Å²) in [4.78, 5) is 0. The van der Waals surface area contributed by atoms with Gasteiger partial charge in [-0.05, 0) is 41.5 Å². The molecule has 0 saturated heterocycles. The van der Waals surface area contributed by atoms with Gasteiger partial charge in [0.25, 0.3) is 0 Å². The highest BCUT2D eigenvalue weighted by molar-refractivity contribution is 6.29. The lowest BCUT2D eigenvalue weighted by Gasteiger charge is -2.12. The molecule has 164 valence electrons. The van der Waals surface area contributed by atoms with Gasteiger partial charge in [-0.25, -0.2) is 0 Å². The zero-order valence-corrected chi connectivity index (χ0v) is 19.7. The van der Waals surface area contributed by atoms with Gasteiger partial charge in [0, 0.05) is 27.6 Å². The number of hydrogen-bond acceptors (Lipinski definition) is 0. The standard InChI is InChI=1S/C33H23N2/c1-20-22-11-4-3-10-21(22)18-19-23(20)32-33-30(26-13-6-7-16-28(26)34(32)2)27-15-9-14-25-24-12-5-8-17-29(24)35(33)31(25)27/h3-19H,1-2H3/q+1. The van der Waals surface area contributed by atoms with E-state index in [1.54, 1.807) is 0 Å². The van der Waals surface area contributed by atoms with Crippen molar-refractivity contribution in [2.75, 3.05) is 0 Å². The van der Waals surface area contributed by atoms with Crippen LogP contribution in [0.15, 0.2) is 103 Å². The predicted octanol–water partition coefficient (Wildman–Crippen LogP) is 7.94. The molecule has 8 rings (SSSR count). The van der Waals surface area contributed by atoms with Gasteiger partial charge in [0.1, 0.15) is 12.6 Å². The van der Waals surface area contributed by atoms with Crippen LogP contribution in [0.25, 0.3) is 71.0 Å². The third-order valence-corrected chi connectivity index (χ3v) is 7.97. The summed E-state index contributed by atoms with van der Waals surface area (Å²) in [5.74, 6) is 0. The summed E-state index contributed by atoms with van der Waals surface area (Å²) in [6.07, 6.45) is 0. The number of pyridine rings is 1. The Balaban J connectivity index is 1.72. The molecular formula is C33H23N2+. The number of aromatic nitrogens is 2. The quantitative estimate of drug-likeness (QED) is 0.226. The summed E-state index contributed by atoms with van der Waals surface area (Å²) in [6, 6.07) is 37.7. The van der Waals surface area contributed by atoms with E-state index in [4.69, 9.17) is 0 Å². The van der Waals surface area contributed by atoms with E-state index in [1.165, 1.54) is 76.6 Å². The lowest BCUT2D eigenvalue weighted by molar-refractivity contribution is -0.632. The second kappa shape index (κ2) is 6.58. The number of para-hydroxylation sites is 3. The monoisotopic (exact) mass is 447 g/mol. The Hall–Kier alpha value is -4.43. The fourth-order valence-electron chi connectivity index (χ4n) is 6.44. The molecule has 0 aliphatic rings. The maximum atomic E-state index is 2.52. The molecule has 0 bridgehead atoms. The van der Waals surface area contributed by atoms with Gasteiger partial charge in [0.15, 0.2) is 0 Å². The zero-order valence-electron chi connectivity index (χ0n) is 19.7. The molecule has 0 fully saturated rings. The minimum absolute atomic E-state index is 1.25. The van der Waals surface area contributed by atoms with Crippen LogP contribution >= 0.6 is 0 Å². The zero-order chi connectivity index (χ0) is 23.3. The van der Waals surface area contributed by atoms with Crippen LogP contribution in [0.2, 0.25) is 0 Å². The predicted molar refractivity (Wildman–Crippen MR) is 147 cm³/mol. The first-order valence-electron chi connectivity index (χ1n) is 12.2. The van der Waals surface area contributed by atoms with E-state index in [0.29, 0.717) is 0 Å². The van der Waals surface area contributed by atoms with Crippen molar-refractivity contribution in [1.29, 1.82) is 0 Å². The highest BCUT2D eigenvalue weighted by Crippen LogP contribution is 2.44. The van der Waals surface area contributed by atoms with E-state index >= 15 is 0 Å². The molecule has 3 aromatic heterocycles. The van der Waals surface area contributed by atoms with Crippen LogP contribution in [-0.4, -0.2) is 4.40 Å². The van der Waals surface area contributed by atoms with Crippen molar-refractivity contribution >= 4 is 59.8 Å². The Labute approximate surface area is 202 Å². The summed E-state index contributed by atoms with van der Waals surface area (Å²) in [7, 11) is 2.22. The van der Waals surface area contributed by atoms with Gasteiger partial charge in [-0.3, -0.25) is 0 Å². The van der Waals surface area contributed by atoms with Crippen molar-refractivity contribution in [3.8, 4) is 11.3 Å². The van der Waals surface area contributed by atoms with Crippen LogP contribution in [0.1, 0.15) is 5.56 Å². The van der Waals surface area contributed by atoms with Crippen LogP contribution < -0.4 is 4.57 Å². The summed E-state index contributed by atoms with van der Waals surface area (Å²) >= 11 is 0. The highest BCUT2D eigenvalue weighted by Gasteiger charge is 2.29. The number of benzene rings is 5. The van der Waals surface area contributed by atoms with Crippen molar-refractivity contribution < 1.29 is 4.57 Å². The van der Waals surface area contributed by atoms with Gasteiger partial charge in [-0.1, -0.05) is 78.9 Å². The number of nitrogens with zero attached hydrogens (tertiary/aromatic N) is 2. The Kier molecular flexibility index (Phi) is 3.56. The summed E-state index contributed by atoms with van der Waals surface area (Å²) in [5.41, 5.74) is 8.99. The van der Waals surface area contributed by atoms with Crippen LogP contribution in [0.5, 0.6) is 0 Å². The molecule has 0 spiro atoms. The third kappa shape index (κ3) is 2.27. The molecule has 0 unspecified atom stereocenters. The molecule has 0 amide bonds. The highest BCUT2D eigenvalue weighted by atomic mass is 15.0. The average molecular weight is 448 g/mol. The van der Waals surface area contributed by atoms with Crippen molar-refractivity contribution in [2.45, 2.75) is 6.92 Å². The number of hydrogen-bond donors (Lipinski definition) is 0. The van der Waals surface area contributed by atoms with Gasteiger partial charge in [0.2, 0.25) is 11.2 Å². The molecule has 35 heavy (non-hydrogen) atoms.